The molecule has 0 amide bonds. The van der Waals surface area contributed by atoms with Gasteiger partial charge in [0, 0.05) is 10.5 Å². The number of ether oxygens (including phenoxy) is 2. The van der Waals surface area contributed by atoms with Gasteiger partial charge in [0.05, 0.1) is 30.9 Å². The first-order valence-electron chi connectivity index (χ1n) is 6.26. The molecule has 0 spiro atoms. The van der Waals surface area contributed by atoms with Crippen LogP contribution in [0.25, 0.3) is 16.7 Å². The van der Waals surface area contributed by atoms with Crippen molar-refractivity contribution in [2.75, 3.05) is 14.2 Å². The highest BCUT2D eigenvalue weighted by Crippen LogP contribution is 2.31. The molecule has 0 aliphatic heterocycles. The van der Waals surface area contributed by atoms with Crippen LogP contribution in [0.4, 0.5) is 0 Å². The van der Waals surface area contributed by atoms with E-state index in [0.29, 0.717) is 4.77 Å². The molecule has 1 aromatic heterocycles. The van der Waals surface area contributed by atoms with Crippen LogP contribution in [0.1, 0.15) is 0 Å². The van der Waals surface area contributed by atoms with Crippen molar-refractivity contribution < 1.29 is 9.47 Å². The molecule has 2 aromatic carbocycles. The number of imidazole rings is 1. The molecule has 0 aliphatic rings. The third kappa shape index (κ3) is 2.45. The lowest BCUT2D eigenvalue weighted by atomic mass is 10.2. The summed E-state index contributed by atoms with van der Waals surface area (Å²) in [6, 6.07) is 11.6. The highest BCUT2D eigenvalue weighted by molar-refractivity contribution is 9.10. The van der Waals surface area contributed by atoms with Crippen LogP contribution in [0.5, 0.6) is 11.5 Å². The van der Waals surface area contributed by atoms with Crippen LogP contribution in [0.15, 0.2) is 40.9 Å². The topological polar surface area (TPSA) is 39.2 Å². The molecule has 1 heterocycles. The minimum atomic E-state index is 0.606. The van der Waals surface area contributed by atoms with E-state index in [2.05, 4.69) is 20.9 Å². The lowest BCUT2D eigenvalue weighted by Gasteiger charge is -2.11. The molecule has 108 valence electrons. The van der Waals surface area contributed by atoms with Crippen molar-refractivity contribution in [2.24, 2.45) is 0 Å². The van der Waals surface area contributed by atoms with Gasteiger partial charge >= 0.3 is 0 Å². The van der Waals surface area contributed by atoms with Gasteiger partial charge in [-0.2, -0.15) is 0 Å². The molecule has 6 heteroatoms. The Labute approximate surface area is 135 Å². The predicted molar refractivity (Wildman–Crippen MR) is 89.3 cm³/mol. The number of H-pyrrole nitrogens is 1. The van der Waals surface area contributed by atoms with Crippen LogP contribution in [0.3, 0.4) is 0 Å². The molecule has 0 atom stereocenters. The Bertz CT molecular complexity index is 870. The largest absolute Gasteiger partial charge is 0.497 e. The second-order valence-corrected chi connectivity index (χ2v) is 5.77. The summed E-state index contributed by atoms with van der Waals surface area (Å²) in [5.74, 6) is 1.54. The van der Waals surface area contributed by atoms with Crippen LogP contribution >= 0.6 is 28.1 Å². The van der Waals surface area contributed by atoms with Crippen LogP contribution in [0, 0.1) is 4.77 Å². The Morgan fingerprint density at radius 2 is 1.90 bits per heavy atom. The fourth-order valence-corrected chi connectivity index (χ4v) is 2.95. The second-order valence-electron chi connectivity index (χ2n) is 4.46. The van der Waals surface area contributed by atoms with Gasteiger partial charge in [-0.1, -0.05) is 15.9 Å². The number of hydrogen-bond acceptors (Lipinski definition) is 3. The first kappa shape index (κ1) is 14.2. The van der Waals surface area contributed by atoms with Crippen molar-refractivity contribution >= 4 is 39.2 Å². The third-order valence-corrected chi connectivity index (χ3v) is 4.05. The number of halogens is 1. The molecular weight excluding hydrogens is 352 g/mol. The molecule has 3 aromatic rings. The molecule has 0 saturated heterocycles. The van der Waals surface area contributed by atoms with Crippen molar-refractivity contribution in [1.82, 2.24) is 9.55 Å². The van der Waals surface area contributed by atoms with Crippen molar-refractivity contribution in [2.45, 2.75) is 0 Å². The van der Waals surface area contributed by atoms with Gasteiger partial charge in [-0.25, -0.2) is 0 Å². The quantitative estimate of drug-likeness (QED) is 0.697. The summed E-state index contributed by atoms with van der Waals surface area (Å²) < 4.78 is 14.2. The third-order valence-electron chi connectivity index (χ3n) is 3.27. The molecule has 0 saturated carbocycles. The number of aromatic amines is 1. The van der Waals surface area contributed by atoms with E-state index in [1.807, 2.05) is 41.0 Å². The van der Waals surface area contributed by atoms with Crippen LogP contribution in [-0.4, -0.2) is 23.8 Å². The number of methoxy groups -OCH3 is 2. The minimum Gasteiger partial charge on any atom is -0.497 e. The van der Waals surface area contributed by atoms with Gasteiger partial charge in [0.2, 0.25) is 0 Å². The first-order chi connectivity index (χ1) is 10.1. The SMILES string of the molecule is COc1ccc2c(c1)[nH]c(=S)n2-c1cc(Br)ccc1OC. The fraction of sp³-hybridized carbons (Fsp3) is 0.133. The summed E-state index contributed by atoms with van der Waals surface area (Å²) in [6.07, 6.45) is 0. The van der Waals surface area contributed by atoms with Crippen LogP contribution in [-0.2, 0) is 0 Å². The van der Waals surface area contributed by atoms with Crippen LogP contribution < -0.4 is 9.47 Å². The van der Waals surface area contributed by atoms with Gasteiger partial charge in [-0.15, -0.1) is 0 Å². The van der Waals surface area contributed by atoms with Crippen molar-refractivity contribution in [3.63, 3.8) is 0 Å². The summed E-state index contributed by atoms with van der Waals surface area (Å²) in [6.45, 7) is 0. The number of hydrogen-bond donors (Lipinski definition) is 1. The molecule has 1 N–H and O–H groups in total. The summed E-state index contributed by atoms with van der Waals surface area (Å²) in [5, 5.41) is 0. The van der Waals surface area contributed by atoms with Gasteiger partial charge in [-0.05, 0) is 42.5 Å². The molecule has 4 nitrogen and oxygen atoms in total. The maximum Gasteiger partial charge on any atom is 0.182 e. The van der Waals surface area contributed by atoms with E-state index in [0.717, 1.165) is 32.7 Å². The number of fused-ring (bicyclic) bond motifs is 1. The van der Waals surface area contributed by atoms with E-state index in [9.17, 15) is 0 Å². The summed E-state index contributed by atoms with van der Waals surface area (Å²) in [5.41, 5.74) is 2.77. The number of aromatic nitrogens is 2. The van der Waals surface area contributed by atoms with E-state index < -0.39 is 0 Å². The number of rotatable bonds is 3. The van der Waals surface area contributed by atoms with E-state index in [-0.39, 0.29) is 0 Å². The Hall–Kier alpha value is -1.79. The molecule has 0 bridgehead atoms. The van der Waals surface area contributed by atoms with Gasteiger partial charge < -0.3 is 14.5 Å². The Morgan fingerprint density at radius 1 is 1.10 bits per heavy atom. The minimum absolute atomic E-state index is 0.606. The Kier molecular flexibility index (Phi) is 3.73. The first-order valence-corrected chi connectivity index (χ1v) is 7.47. The number of nitrogens with one attached hydrogen (secondary N) is 1. The Balaban J connectivity index is 2.32. The van der Waals surface area contributed by atoms with Crippen molar-refractivity contribution in [3.8, 4) is 17.2 Å². The lowest BCUT2D eigenvalue weighted by Crippen LogP contribution is -1.98. The van der Waals surface area contributed by atoms with Gasteiger partial charge in [-0.3, -0.25) is 4.57 Å². The number of nitrogens with zero attached hydrogens (tertiary/aromatic N) is 1. The average Bonchev–Trinajstić information content (AvgIpc) is 2.81. The number of benzene rings is 2. The van der Waals surface area contributed by atoms with Gasteiger partial charge in [0.25, 0.3) is 0 Å². The monoisotopic (exact) mass is 364 g/mol. The second kappa shape index (κ2) is 5.54. The van der Waals surface area contributed by atoms with E-state index in [1.165, 1.54) is 0 Å². The summed E-state index contributed by atoms with van der Waals surface area (Å²) >= 11 is 8.95. The van der Waals surface area contributed by atoms with E-state index in [1.54, 1.807) is 14.2 Å². The average molecular weight is 365 g/mol. The molecule has 0 radical (unpaired) electrons. The lowest BCUT2D eigenvalue weighted by molar-refractivity contribution is 0.413. The smallest absolute Gasteiger partial charge is 0.182 e. The molecule has 0 fully saturated rings. The summed E-state index contributed by atoms with van der Waals surface area (Å²) in [4.78, 5) is 3.20. The zero-order chi connectivity index (χ0) is 15.0. The maximum atomic E-state index is 5.46. The molecule has 3 rings (SSSR count). The van der Waals surface area contributed by atoms with E-state index >= 15 is 0 Å². The zero-order valence-corrected chi connectivity index (χ0v) is 13.9. The zero-order valence-electron chi connectivity index (χ0n) is 11.5. The van der Waals surface area contributed by atoms with E-state index in [4.69, 9.17) is 21.7 Å². The van der Waals surface area contributed by atoms with Crippen molar-refractivity contribution in [3.05, 3.63) is 45.6 Å². The molecule has 0 aliphatic carbocycles. The maximum absolute atomic E-state index is 5.46. The normalized spacial score (nSPS) is 10.8. The standard InChI is InChI=1S/C15H13BrN2O2S/c1-19-10-4-5-12-11(8-10)17-15(21)18(12)13-7-9(16)3-6-14(13)20-2/h3-8H,1-2H3,(H,17,21). The molecule has 21 heavy (non-hydrogen) atoms. The van der Waals surface area contributed by atoms with Crippen LogP contribution in [0.2, 0.25) is 0 Å². The highest BCUT2D eigenvalue weighted by Gasteiger charge is 2.12. The highest BCUT2D eigenvalue weighted by atomic mass is 79.9. The molecular formula is C15H13BrN2O2S. The predicted octanol–water partition coefficient (Wildman–Crippen LogP) is 4.47. The summed E-state index contributed by atoms with van der Waals surface area (Å²) in [7, 11) is 3.29. The van der Waals surface area contributed by atoms with Gasteiger partial charge in [0.1, 0.15) is 11.5 Å². The van der Waals surface area contributed by atoms with Gasteiger partial charge in [0.15, 0.2) is 4.77 Å². The molecule has 0 unspecified atom stereocenters. The Morgan fingerprint density at radius 3 is 2.62 bits per heavy atom. The van der Waals surface area contributed by atoms with Crippen molar-refractivity contribution in [1.29, 1.82) is 0 Å². The fourth-order valence-electron chi connectivity index (χ4n) is 2.29.